The van der Waals surface area contributed by atoms with Crippen molar-refractivity contribution >= 4 is 0 Å². The maximum absolute atomic E-state index is 10.5. The van der Waals surface area contributed by atoms with Gasteiger partial charge < -0.3 is 15.2 Å². The molecule has 3 nitrogen and oxygen atoms in total. The Hall–Kier alpha value is -1.06. The molecule has 3 heteroatoms. The van der Waals surface area contributed by atoms with Gasteiger partial charge in [0.15, 0.2) is 0 Å². The van der Waals surface area contributed by atoms with E-state index in [0.717, 1.165) is 38.2 Å². The predicted octanol–water partition coefficient (Wildman–Crippen LogP) is 2.69. The van der Waals surface area contributed by atoms with Crippen LogP contribution in [0.4, 0.5) is 0 Å². The fourth-order valence-corrected chi connectivity index (χ4v) is 2.77. The highest BCUT2D eigenvalue weighted by atomic mass is 16.5. The van der Waals surface area contributed by atoms with E-state index in [2.05, 4.69) is 18.3 Å². The number of benzene rings is 1. The number of rotatable bonds is 6. The van der Waals surface area contributed by atoms with Crippen LogP contribution in [0, 0.1) is 0 Å². The number of nitrogens with one attached hydrogen (secondary N) is 1. The van der Waals surface area contributed by atoms with E-state index < -0.39 is 5.60 Å². The van der Waals surface area contributed by atoms with Crippen LogP contribution in [0.15, 0.2) is 24.3 Å². The van der Waals surface area contributed by atoms with Gasteiger partial charge in [-0.25, -0.2) is 0 Å². The Balaban J connectivity index is 1.99. The Morgan fingerprint density at radius 1 is 1.42 bits per heavy atom. The third-order valence-corrected chi connectivity index (χ3v) is 3.70. The van der Waals surface area contributed by atoms with Crippen LogP contribution >= 0.6 is 0 Å². The summed E-state index contributed by atoms with van der Waals surface area (Å²) in [6.07, 6.45) is 2.86. The summed E-state index contributed by atoms with van der Waals surface area (Å²) in [6.45, 7) is 6.42. The molecule has 19 heavy (non-hydrogen) atoms. The molecule has 0 fully saturated rings. The van der Waals surface area contributed by atoms with Crippen LogP contribution in [0.2, 0.25) is 0 Å². The molecular weight excluding hydrogens is 238 g/mol. The summed E-state index contributed by atoms with van der Waals surface area (Å²) in [5, 5.41) is 13.8. The first-order valence-electron chi connectivity index (χ1n) is 7.27. The molecule has 2 N–H and O–H groups in total. The molecular formula is C16H25NO2. The molecule has 0 saturated heterocycles. The molecule has 0 radical (unpaired) electrons. The molecule has 0 aliphatic carbocycles. The SMILES string of the molecule is CCCNCC(C)(O)CC1CCOc2ccccc21. The van der Waals surface area contributed by atoms with Gasteiger partial charge in [-0.15, -0.1) is 0 Å². The third-order valence-electron chi connectivity index (χ3n) is 3.70. The van der Waals surface area contributed by atoms with Crippen LogP contribution in [0.1, 0.15) is 44.6 Å². The molecule has 0 spiro atoms. The summed E-state index contributed by atoms with van der Waals surface area (Å²) in [6, 6.07) is 8.19. The Kier molecular flexibility index (Phi) is 4.83. The first-order valence-corrected chi connectivity index (χ1v) is 7.27. The molecule has 0 saturated carbocycles. The van der Waals surface area contributed by atoms with Crippen LogP contribution < -0.4 is 10.1 Å². The second-order valence-corrected chi connectivity index (χ2v) is 5.75. The van der Waals surface area contributed by atoms with Gasteiger partial charge in [0.05, 0.1) is 12.2 Å². The molecule has 2 rings (SSSR count). The number of aliphatic hydroxyl groups is 1. The van der Waals surface area contributed by atoms with Crippen molar-refractivity contribution in [1.82, 2.24) is 5.32 Å². The zero-order valence-electron chi connectivity index (χ0n) is 12.0. The average molecular weight is 263 g/mol. The van der Waals surface area contributed by atoms with Crippen LogP contribution in [0.25, 0.3) is 0 Å². The lowest BCUT2D eigenvalue weighted by Gasteiger charge is -2.32. The average Bonchev–Trinajstić information content (AvgIpc) is 2.39. The minimum absolute atomic E-state index is 0.392. The number of hydrogen-bond acceptors (Lipinski definition) is 3. The van der Waals surface area contributed by atoms with E-state index in [-0.39, 0.29) is 0 Å². The molecule has 1 aliphatic rings. The summed E-state index contributed by atoms with van der Waals surface area (Å²) in [5.41, 5.74) is 0.578. The van der Waals surface area contributed by atoms with Gasteiger partial charge in [-0.2, -0.15) is 0 Å². The first kappa shape index (κ1) is 14.4. The Morgan fingerprint density at radius 3 is 3.00 bits per heavy atom. The lowest BCUT2D eigenvalue weighted by molar-refractivity contribution is 0.0391. The number of ether oxygens (including phenoxy) is 1. The van der Waals surface area contributed by atoms with Gasteiger partial charge in [-0.05, 0) is 50.3 Å². The largest absolute Gasteiger partial charge is 0.493 e. The van der Waals surface area contributed by atoms with Crippen molar-refractivity contribution in [3.05, 3.63) is 29.8 Å². The van der Waals surface area contributed by atoms with Gasteiger partial charge in [0.25, 0.3) is 0 Å². The van der Waals surface area contributed by atoms with E-state index in [1.54, 1.807) is 0 Å². The Bertz CT molecular complexity index is 403. The second-order valence-electron chi connectivity index (χ2n) is 5.75. The molecule has 2 atom stereocenters. The molecule has 0 aromatic heterocycles. The zero-order chi connectivity index (χ0) is 13.7. The maximum atomic E-state index is 10.5. The van der Waals surface area contributed by atoms with Crippen LogP contribution in [0.3, 0.4) is 0 Å². The van der Waals surface area contributed by atoms with Crippen LogP contribution in [0.5, 0.6) is 5.75 Å². The minimum Gasteiger partial charge on any atom is -0.493 e. The van der Waals surface area contributed by atoms with Crippen molar-refractivity contribution in [2.75, 3.05) is 19.7 Å². The monoisotopic (exact) mass is 263 g/mol. The predicted molar refractivity (Wildman–Crippen MR) is 77.7 cm³/mol. The highest BCUT2D eigenvalue weighted by Crippen LogP contribution is 2.37. The minimum atomic E-state index is -0.662. The highest BCUT2D eigenvalue weighted by molar-refractivity contribution is 5.37. The molecule has 2 unspecified atom stereocenters. The summed E-state index contributed by atoms with van der Waals surface area (Å²) in [5.74, 6) is 1.37. The molecule has 0 amide bonds. The third kappa shape index (κ3) is 3.95. The summed E-state index contributed by atoms with van der Waals surface area (Å²) in [4.78, 5) is 0. The van der Waals surface area contributed by atoms with Gasteiger partial charge in [-0.1, -0.05) is 25.1 Å². The maximum Gasteiger partial charge on any atom is 0.122 e. The van der Waals surface area contributed by atoms with Crippen molar-refractivity contribution in [3.8, 4) is 5.75 Å². The van der Waals surface area contributed by atoms with Crippen molar-refractivity contribution in [2.45, 2.75) is 44.6 Å². The molecule has 1 heterocycles. The van der Waals surface area contributed by atoms with Gasteiger partial charge in [0.1, 0.15) is 5.75 Å². The fourth-order valence-electron chi connectivity index (χ4n) is 2.77. The van der Waals surface area contributed by atoms with Crippen molar-refractivity contribution < 1.29 is 9.84 Å². The standard InChI is InChI=1S/C16H25NO2/c1-3-9-17-12-16(2,18)11-13-8-10-19-15-7-5-4-6-14(13)15/h4-7,13,17-18H,3,8-12H2,1-2H3. The molecule has 1 aromatic carbocycles. The van der Waals surface area contributed by atoms with E-state index in [1.807, 2.05) is 25.1 Å². The van der Waals surface area contributed by atoms with E-state index in [4.69, 9.17) is 4.74 Å². The van der Waals surface area contributed by atoms with Crippen LogP contribution in [-0.2, 0) is 0 Å². The second kappa shape index (κ2) is 6.40. The fraction of sp³-hybridized carbons (Fsp3) is 0.625. The Morgan fingerprint density at radius 2 is 2.21 bits per heavy atom. The summed E-state index contributed by atoms with van der Waals surface area (Å²) < 4.78 is 5.67. The molecule has 0 bridgehead atoms. The van der Waals surface area contributed by atoms with E-state index in [1.165, 1.54) is 5.56 Å². The van der Waals surface area contributed by atoms with Gasteiger partial charge >= 0.3 is 0 Å². The summed E-state index contributed by atoms with van der Waals surface area (Å²) in [7, 11) is 0. The smallest absolute Gasteiger partial charge is 0.122 e. The topological polar surface area (TPSA) is 41.5 Å². The van der Waals surface area contributed by atoms with Crippen LogP contribution in [-0.4, -0.2) is 30.4 Å². The van der Waals surface area contributed by atoms with E-state index in [0.29, 0.717) is 12.5 Å². The van der Waals surface area contributed by atoms with Crippen molar-refractivity contribution in [3.63, 3.8) is 0 Å². The zero-order valence-corrected chi connectivity index (χ0v) is 12.0. The molecule has 106 valence electrons. The molecule has 1 aromatic rings. The molecule has 1 aliphatic heterocycles. The van der Waals surface area contributed by atoms with Gasteiger partial charge in [0, 0.05) is 6.54 Å². The first-order chi connectivity index (χ1) is 9.12. The number of para-hydroxylation sites is 1. The van der Waals surface area contributed by atoms with Crippen molar-refractivity contribution in [2.24, 2.45) is 0 Å². The van der Waals surface area contributed by atoms with E-state index >= 15 is 0 Å². The Labute approximate surface area is 116 Å². The number of hydrogen-bond donors (Lipinski definition) is 2. The van der Waals surface area contributed by atoms with Gasteiger partial charge in [0.2, 0.25) is 0 Å². The van der Waals surface area contributed by atoms with Gasteiger partial charge in [-0.3, -0.25) is 0 Å². The highest BCUT2D eigenvalue weighted by Gasteiger charge is 2.29. The lowest BCUT2D eigenvalue weighted by Crippen LogP contribution is -2.40. The summed E-state index contributed by atoms with van der Waals surface area (Å²) >= 11 is 0. The lowest BCUT2D eigenvalue weighted by atomic mass is 9.83. The number of fused-ring (bicyclic) bond motifs is 1. The normalized spacial score (nSPS) is 21.3. The van der Waals surface area contributed by atoms with Crippen molar-refractivity contribution in [1.29, 1.82) is 0 Å². The quantitative estimate of drug-likeness (QED) is 0.775. The van der Waals surface area contributed by atoms with E-state index in [9.17, 15) is 5.11 Å².